The zero-order valence-electron chi connectivity index (χ0n) is 11.4. The van der Waals surface area contributed by atoms with Crippen LogP contribution in [0.2, 0.25) is 0 Å². The fraction of sp³-hybridized carbons (Fsp3) is 0.615. The van der Waals surface area contributed by atoms with Gasteiger partial charge in [0.25, 0.3) is 0 Å². The molecule has 1 fully saturated rings. The van der Waals surface area contributed by atoms with Gasteiger partial charge in [-0.1, -0.05) is 25.7 Å². The normalized spacial score (nSPS) is 17.9. The number of nitrogens with one attached hydrogen (secondary N) is 1. The van der Waals surface area contributed by atoms with Gasteiger partial charge in [0.15, 0.2) is 0 Å². The zero-order valence-corrected chi connectivity index (χ0v) is 12.2. The molecule has 0 aromatic carbocycles. The molecule has 0 radical (unpaired) electrons. The van der Waals surface area contributed by atoms with Crippen LogP contribution in [0.5, 0.6) is 0 Å². The van der Waals surface area contributed by atoms with Crippen LogP contribution < -0.4 is 4.72 Å². The van der Waals surface area contributed by atoms with E-state index in [9.17, 15) is 13.2 Å². The van der Waals surface area contributed by atoms with Gasteiger partial charge in [-0.25, -0.2) is 17.9 Å². The van der Waals surface area contributed by atoms with Crippen LogP contribution in [0.1, 0.15) is 54.8 Å². The van der Waals surface area contributed by atoms with E-state index in [-0.39, 0.29) is 22.5 Å². The van der Waals surface area contributed by atoms with Crippen molar-refractivity contribution in [1.29, 1.82) is 0 Å². The molecule has 0 atom stereocenters. The molecule has 1 aromatic rings. The minimum absolute atomic E-state index is 0.0786. The highest BCUT2D eigenvalue weighted by Gasteiger charge is 2.26. The van der Waals surface area contributed by atoms with Crippen LogP contribution in [0, 0.1) is 6.92 Å². The summed E-state index contributed by atoms with van der Waals surface area (Å²) < 4.78 is 32.2. The number of carboxylic acid groups (broad SMARTS) is 1. The number of sulfonamides is 1. The molecule has 2 N–H and O–H groups in total. The molecule has 1 saturated carbocycles. The molecule has 0 bridgehead atoms. The maximum Gasteiger partial charge on any atom is 0.371 e. The molecule has 0 spiro atoms. The number of carboxylic acids is 1. The van der Waals surface area contributed by atoms with Crippen molar-refractivity contribution in [3.8, 4) is 0 Å². The van der Waals surface area contributed by atoms with Gasteiger partial charge in [0, 0.05) is 12.1 Å². The Kier molecular flexibility index (Phi) is 4.49. The molecule has 7 heteroatoms. The third-order valence-electron chi connectivity index (χ3n) is 3.55. The first-order valence-corrected chi connectivity index (χ1v) is 8.24. The Labute approximate surface area is 118 Å². The van der Waals surface area contributed by atoms with Crippen molar-refractivity contribution in [2.24, 2.45) is 0 Å². The van der Waals surface area contributed by atoms with E-state index < -0.39 is 16.0 Å². The van der Waals surface area contributed by atoms with E-state index in [4.69, 9.17) is 9.52 Å². The topological polar surface area (TPSA) is 96.6 Å². The van der Waals surface area contributed by atoms with Crippen molar-refractivity contribution in [2.75, 3.05) is 0 Å². The minimum atomic E-state index is -3.73. The lowest BCUT2D eigenvalue weighted by Crippen LogP contribution is -2.34. The van der Waals surface area contributed by atoms with Gasteiger partial charge in [-0.2, -0.15) is 0 Å². The molecule has 112 valence electrons. The Hall–Kier alpha value is -1.34. The minimum Gasteiger partial charge on any atom is -0.475 e. The maximum absolute atomic E-state index is 12.3. The van der Waals surface area contributed by atoms with Crippen LogP contribution in [0.3, 0.4) is 0 Å². The highest BCUT2D eigenvalue weighted by Crippen LogP contribution is 2.23. The van der Waals surface area contributed by atoms with Crippen molar-refractivity contribution in [3.63, 3.8) is 0 Å². The van der Waals surface area contributed by atoms with Gasteiger partial charge in [0.2, 0.25) is 15.8 Å². The highest BCUT2D eigenvalue weighted by atomic mass is 32.2. The van der Waals surface area contributed by atoms with Gasteiger partial charge in [-0.3, -0.25) is 0 Å². The second kappa shape index (κ2) is 5.97. The summed E-state index contributed by atoms with van der Waals surface area (Å²) in [5.41, 5.74) is 0. The lowest BCUT2D eigenvalue weighted by molar-refractivity contribution is 0.0661. The summed E-state index contributed by atoms with van der Waals surface area (Å²) in [5, 5.41) is 8.84. The number of hydrogen-bond acceptors (Lipinski definition) is 4. The van der Waals surface area contributed by atoms with E-state index >= 15 is 0 Å². The quantitative estimate of drug-likeness (QED) is 0.832. The van der Waals surface area contributed by atoms with Gasteiger partial charge in [-0.15, -0.1) is 0 Å². The van der Waals surface area contributed by atoms with Gasteiger partial charge < -0.3 is 9.52 Å². The van der Waals surface area contributed by atoms with E-state index in [1.54, 1.807) is 0 Å². The number of furan rings is 1. The summed E-state index contributed by atoms with van der Waals surface area (Å²) in [5.74, 6) is -1.53. The Morgan fingerprint density at radius 3 is 2.40 bits per heavy atom. The number of hydrogen-bond donors (Lipinski definition) is 2. The van der Waals surface area contributed by atoms with Crippen molar-refractivity contribution >= 4 is 16.0 Å². The first kappa shape index (κ1) is 15.1. The predicted octanol–water partition coefficient (Wildman–Crippen LogP) is 2.29. The number of aryl methyl sites for hydroxylation is 1. The van der Waals surface area contributed by atoms with Crippen molar-refractivity contribution < 1.29 is 22.7 Å². The van der Waals surface area contributed by atoms with E-state index in [1.165, 1.54) is 6.92 Å². The van der Waals surface area contributed by atoms with Gasteiger partial charge in [0.1, 0.15) is 10.7 Å². The van der Waals surface area contributed by atoms with E-state index in [0.717, 1.165) is 44.6 Å². The van der Waals surface area contributed by atoms with Crippen molar-refractivity contribution in [3.05, 3.63) is 17.6 Å². The Morgan fingerprint density at radius 2 is 1.90 bits per heavy atom. The highest BCUT2D eigenvalue weighted by molar-refractivity contribution is 7.89. The average molecular weight is 301 g/mol. The van der Waals surface area contributed by atoms with Crippen LogP contribution in [-0.2, 0) is 10.0 Å². The number of carbonyl (C=O) groups is 1. The fourth-order valence-corrected chi connectivity index (χ4v) is 4.00. The fourth-order valence-electron chi connectivity index (χ4n) is 2.52. The summed E-state index contributed by atoms with van der Waals surface area (Å²) in [6.45, 7) is 1.45. The molecule has 0 amide bonds. The Morgan fingerprint density at radius 1 is 1.30 bits per heavy atom. The molecule has 0 aliphatic heterocycles. The standard InChI is InChI=1S/C13H19NO5S/c1-9-12(8-11(19-9)13(15)16)20(17,18)14-10-6-4-2-3-5-7-10/h8,10,14H,2-7H2,1H3,(H,15,16). The van der Waals surface area contributed by atoms with Crippen molar-refractivity contribution in [1.82, 2.24) is 4.72 Å². The van der Waals surface area contributed by atoms with Gasteiger partial charge in [-0.05, 0) is 19.8 Å². The first-order valence-electron chi connectivity index (χ1n) is 6.76. The summed E-state index contributed by atoms with van der Waals surface area (Å²) in [7, 11) is -3.73. The van der Waals surface area contributed by atoms with Crippen LogP contribution in [0.15, 0.2) is 15.4 Å². The SMILES string of the molecule is Cc1oc(C(=O)O)cc1S(=O)(=O)NC1CCCCCC1. The lowest BCUT2D eigenvalue weighted by atomic mass is 10.1. The maximum atomic E-state index is 12.3. The zero-order chi connectivity index (χ0) is 14.8. The Bertz CT molecular complexity index is 582. The summed E-state index contributed by atoms with van der Waals surface area (Å²) >= 11 is 0. The number of aromatic carboxylic acids is 1. The second-order valence-corrected chi connectivity index (χ2v) is 6.83. The van der Waals surface area contributed by atoms with Crippen LogP contribution in [0.25, 0.3) is 0 Å². The molecule has 2 rings (SSSR count). The second-order valence-electron chi connectivity index (χ2n) is 5.15. The number of rotatable bonds is 4. The molecule has 1 heterocycles. The van der Waals surface area contributed by atoms with E-state index in [2.05, 4.69) is 4.72 Å². The van der Waals surface area contributed by atoms with E-state index in [0.29, 0.717) is 0 Å². The molecular weight excluding hydrogens is 282 g/mol. The van der Waals surface area contributed by atoms with Crippen LogP contribution in [0.4, 0.5) is 0 Å². The summed E-state index contributed by atoms with van der Waals surface area (Å²) in [6, 6.07) is 0.988. The molecule has 1 aliphatic carbocycles. The predicted molar refractivity (Wildman–Crippen MR) is 72.2 cm³/mol. The molecule has 1 aliphatic rings. The van der Waals surface area contributed by atoms with E-state index in [1.807, 2.05) is 0 Å². The largest absolute Gasteiger partial charge is 0.475 e. The monoisotopic (exact) mass is 301 g/mol. The van der Waals surface area contributed by atoms with Crippen molar-refractivity contribution in [2.45, 2.75) is 56.4 Å². The molecule has 6 nitrogen and oxygen atoms in total. The summed E-state index contributed by atoms with van der Waals surface area (Å²) in [6.07, 6.45) is 5.93. The molecule has 0 saturated heterocycles. The summed E-state index contributed by atoms with van der Waals surface area (Å²) in [4.78, 5) is 10.7. The molecule has 0 unspecified atom stereocenters. The first-order chi connectivity index (χ1) is 9.40. The molecule has 20 heavy (non-hydrogen) atoms. The van der Waals surface area contributed by atoms with Gasteiger partial charge in [0.05, 0.1) is 0 Å². The Balaban J connectivity index is 2.19. The molecule has 1 aromatic heterocycles. The van der Waals surface area contributed by atoms with Gasteiger partial charge >= 0.3 is 5.97 Å². The third kappa shape index (κ3) is 3.40. The van der Waals surface area contributed by atoms with Crippen LogP contribution >= 0.6 is 0 Å². The molecular formula is C13H19NO5S. The third-order valence-corrected chi connectivity index (χ3v) is 5.18. The lowest BCUT2D eigenvalue weighted by Gasteiger charge is -2.15. The van der Waals surface area contributed by atoms with Crippen LogP contribution in [-0.4, -0.2) is 25.5 Å². The average Bonchev–Trinajstić information content (AvgIpc) is 2.59. The smallest absolute Gasteiger partial charge is 0.371 e.